The van der Waals surface area contributed by atoms with Crippen LogP contribution >= 0.6 is 0 Å². The molecule has 17 heavy (non-hydrogen) atoms. The summed E-state index contributed by atoms with van der Waals surface area (Å²) in [5.41, 5.74) is 1.02. The molecule has 1 aromatic rings. The van der Waals surface area contributed by atoms with Crippen molar-refractivity contribution in [3.8, 4) is 0 Å². The Kier molecular flexibility index (Phi) is 6.87. The second-order valence-electron chi connectivity index (χ2n) is 4.76. The first-order chi connectivity index (χ1) is 8.22. The van der Waals surface area contributed by atoms with E-state index >= 15 is 0 Å². The van der Waals surface area contributed by atoms with Crippen LogP contribution in [0.2, 0.25) is 0 Å². The van der Waals surface area contributed by atoms with Crippen LogP contribution in [0.25, 0.3) is 0 Å². The molecule has 0 amide bonds. The maximum absolute atomic E-state index is 13.0. The summed E-state index contributed by atoms with van der Waals surface area (Å²) in [7, 11) is 0. The highest BCUT2D eigenvalue weighted by atomic mass is 19.1. The van der Waals surface area contributed by atoms with Crippen LogP contribution in [0, 0.1) is 5.82 Å². The van der Waals surface area contributed by atoms with E-state index in [-0.39, 0.29) is 5.82 Å². The summed E-state index contributed by atoms with van der Waals surface area (Å²) in [4.78, 5) is 0. The van der Waals surface area contributed by atoms with E-state index in [9.17, 15) is 4.39 Å². The summed E-state index contributed by atoms with van der Waals surface area (Å²) in [5, 5.41) is 3.44. The first kappa shape index (κ1) is 14.2. The Labute approximate surface area is 104 Å². The fourth-order valence-corrected chi connectivity index (χ4v) is 1.92. The highest BCUT2D eigenvalue weighted by Crippen LogP contribution is 2.07. The molecule has 0 aliphatic rings. The van der Waals surface area contributed by atoms with E-state index in [1.165, 1.54) is 38.2 Å². The first-order valence-electron chi connectivity index (χ1n) is 6.70. The SMILES string of the molecule is CCCCCCC(C)NCc1cccc(F)c1. The van der Waals surface area contributed by atoms with E-state index in [0.29, 0.717) is 6.04 Å². The maximum Gasteiger partial charge on any atom is 0.123 e. The van der Waals surface area contributed by atoms with Gasteiger partial charge in [-0.05, 0) is 31.0 Å². The predicted molar refractivity (Wildman–Crippen MR) is 71.5 cm³/mol. The molecule has 0 aliphatic heterocycles. The minimum Gasteiger partial charge on any atom is -0.310 e. The number of nitrogens with one attached hydrogen (secondary N) is 1. The Morgan fingerprint density at radius 3 is 2.76 bits per heavy atom. The average Bonchev–Trinajstić information content (AvgIpc) is 2.32. The first-order valence-corrected chi connectivity index (χ1v) is 6.70. The molecular weight excluding hydrogens is 213 g/mol. The van der Waals surface area contributed by atoms with Crippen LogP contribution in [0.4, 0.5) is 4.39 Å². The molecule has 1 atom stereocenters. The van der Waals surface area contributed by atoms with Crippen molar-refractivity contribution in [2.45, 2.75) is 58.5 Å². The van der Waals surface area contributed by atoms with E-state index in [4.69, 9.17) is 0 Å². The zero-order valence-corrected chi connectivity index (χ0v) is 11.0. The third-order valence-electron chi connectivity index (χ3n) is 3.03. The zero-order chi connectivity index (χ0) is 12.5. The van der Waals surface area contributed by atoms with Gasteiger partial charge < -0.3 is 5.32 Å². The van der Waals surface area contributed by atoms with Gasteiger partial charge in [0.05, 0.1) is 0 Å². The smallest absolute Gasteiger partial charge is 0.123 e. The summed E-state index contributed by atoms with van der Waals surface area (Å²) < 4.78 is 13.0. The molecule has 0 radical (unpaired) electrons. The quantitative estimate of drug-likeness (QED) is 0.666. The second kappa shape index (κ2) is 8.24. The fourth-order valence-electron chi connectivity index (χ4n) is 1.92. The molecule has 0 saturated carbocycles. The lowest BCUT2D eigenvalue weighted by molar-refractivity contribution is 0.482. The van der Waals surface area contributed by atoms with Gasteiger partial charge in [0.25, 0.3) is 0 Å². The fraction of sp³-hybridized carbons (Fsp3) is 0.600. The number of hydrogen-bond acceptors (Lipinski definition) is 1. The molecule has 0 aromatic heterocycles. The number of benzene rings is 1. The van der Waals surface area contributed by atoms with Crippen LogP contribution in [0.3, 0.4) is 0 Å². The van der Waals surface area contributed by atoms with Crippen molar-refractivity contribution >= 4 is 0 Å². The maximum atomic E-state index is 13.0. The topological polar surface area (TPSA) is 12.0 Å². The van der Waals surface area contributed by atoms with E-state index in [0.717, 1.165) is 12.1 Å². The monoisotopic (exact) mass is 237 g/mol. The van der Waals surface area contributed by atoms with Crippen LogP contribution in [-0.2, 0) is 6.54 Å². The molecule has 1 nitrogen and oxygen atoms in total. The molecule has 0 aliphatic carbocycles. The van der Waals surface area contributed by atoms with Crippen molar-refractivity contribution < 1.29 is 4.39 Å². The number of hydrogen-bond donors (Lipinski definition) is 1. The summed E-state index contributed by atoms with van der Waals surface area (Å²) in [5.74, 6) is -0.153. The highest BCUT2D eigenvalue weighted by molar-refractivity contribution is 5.15. The van der Waals surface area contributed by atoms with E-state index < -0.39 is 0 Å². The van der Waals surface area contributed by atoms with Crippen molar-refractivity contribution in [1.29, 1.82) is 0 Å². The molecule has 0 spiro atoms. The third-order valence-corrected chi connectivity index (χ3v) is 3.03. The predicted octanol–water partition coefficient (Wildman–Crippen LogP) is 4.27. The number of rotatable bonds is 8. The zero-order valence-electron chi connectivity index (χ0n) is 11.0. The lowest BCUT2D eigenvalue weighted by Gasteiger charge is -2.13. The average molecular weight is 237 g/mol. The van der Waals surface area contributed by atoms with Gasteiger partial charge in [-0.15, -0.1) is 0 Å². The van der Waals surface area contributed by atoms with Crippen molar-refractivity contribution in [1.82, 2.24) is 5.32 Å². The van der Waals surface area contributed by atoms with Crippen LogP contribution in [0.5, 0.6) is 0 Å². The second-order valence-corrected chi connectivity index (χ2v) is 4.76. The van der Waals surface area contributed by atoms with Gasteiger partial charge in [-0.1, -0.05) is 44.7 Å². The molecule has 0 bridgehead atoms. The molecule has 1 N–H and O–H groups in total. The molecule has 1 aromatic carbocycles. The summed E-state index contributed by atoms with van der Waals surface area (Å²) in [6.07, 6.45) is 6.42. The molecule has 2 heteroatoms. The van der Waals surface area contributed by atoms with Crippen LogP contribution in [-0.4, -0.2) is 6.04 Å². The standard InChI is InChI=1S/C15H24FN/c1-3-4-5-6-8-13(2)17-12-14-9-7-10-15(16)11-14/h7,9-11,13,17H,3-6,8,12H2,1-2H3. The summed E-state index contributed by atoms with van der Waals surface area (Å²) in [6.45, 7) is 5.18. The highest BCUT2D eigenvalue weighted by Gasteiger charge is 2.01. The van der Waals surface area contributed by atoms with Gasteiger partial charge in [0.15, 0.2) is 0 Å². The van der Waals surface area contributed by atoms with E-state index in [1.807, 2.05) is 6.07 Å². The van der Waals surface area contributed by atoms with Crippen LogP contribution < -0.4 is 5.32 Å². The Balaban J connectivity index is 2.17. The van der Waals surface area contributed by atoms with Crippen LogP contribution in [0.15, 0.2) is 24.3 Å². The van der Waals surface area contributed by atoms with Crippen molar-refractivity contribution in [3.63, 3.8) is 0 Å². The lowest BCUT2D eigenvalue weighted by Crippen LogP contribution is -2.25. The molecule has 0 heterocycles. The van der Waals surface area contributed by atoms with Gasteiger partial charge in [-0.2, -0.15) is 0 Å². The lowest BCUT2D eigenvalue weighted by atomic mass is 10.1. The number of unbranched alkanes of at least 4 members (excludes halogenated alkanes) is 3. The normalized spacial score (nSPS) is 12.6. The molecular formula is C15H24FN. The summed E-state index contributed by atoms with van der Waals surface area (Å²) in [6, 6.07) is 7.31. The van der Waals surface area contributed by atoms with Gasteiger partial charge in [0.2, 0.25) is 0 Å². The molecule has 1 rings (SSSR count). The van der Waals surface area contributed by atoms with Gasteiger partial charge in [0, 0.05) is 12.6 Å². The molecule has 0 saturated heterocycles. The van der Waals surface area contributed by atoms with Gasteiger partial charge in [0.1, 0.15) is 5.82 Å². The number of halogens is 1. The van der Waals surface area contributed by atoms with Crippen molar-refractivity contribution in [2.75, 3.05) is 0 Å². The Bertz CT molecular complexity index is 312. The Morgan fingerprint density at radius 2 is 2.06 bits per heavy atom. The molecule has 96 valence electrons. The van der Waals surface area contributed by atoms with Crippen LogP contribution in [0.1, 0.15) is 51.5 Å². The summed E-state index contributed by atoms with van der Waals surface area (Å²) >= 11 is 0. The third kappa shape index (κ3) is 6.42. The van der Waals surface area contributed by atoms with Crippen molar-refractivity contribution in [2.24, 2.45) is 0 Å². The largest absolute Gasteiger partial charge is 0.310 e. The molecule has 1 unspecified atom stereocenters. The minimum atomic E-state index is -0.153. The Morgan fingerprint density at radius 1 is 1.24 bits per heavy atom. The van der Waals surface area contributed by atoms with Crippen molar-refractivity contribution in [3.05, 3.63) is 35.6 Å². The van der Waals surface area contributed by atoms with E-state index in [1.54, 1.807) is 12.1 Å². The van der Waals surface area contributed by atoms with Gasteiger partial charge in [-0.25, -0.2) is 4.39 Å². The van der Waals surface area contributed by atoms with Gasteiger partial charge >= 0.3 is 0 Å². The molecule has 0 fully saturated rings. The van der Waals surface area contributed by atoms with Gasteiger partial charge in [-0.3, -0.25) is 0 Å². The minimum absolute atomic E-state index is 0.153. The van der Waals surface area contributed by atoms with E-state index in [2.05, 4.69) is 19.2 Å². The Hall–Kier alpha value is -0.890.